The summed E-state index contributed by atoms with van der Waals surface area (Å²) >= 11 is 0. The molecule has 1 saturated carbocycles. The van der Waals surface area contributed by atoms with Gasteiger partial charge in [0.1, 0.15) is 0 Å². The van der Waals surface area contributed by atoms with Crippen LogP contribution >= 0.6 is 0 Å². The van der Waals surface area contributed by atoms with Gasteiger partial charge < -0.3 is 9.80 Å². The number of hydrogen-bond acceptors (Lipinski definition) is 6. The van der Waals surface area contributed by atoms with Crippen LogP contribution in [0, 0.1) is 0 Å². The minimum absolute atomic E-state index is 0.149. The molecule has 1 aromatic carbocycles. The van der Waals surface area contributed by atoms with E-state index in [0.29, 0.717) is 22.7 Å². The smallest absolute Gasteiger partial charge is 0.261 e. The SMILES string of the molecule is CN1CCN(c2cc(C3CC3)nn3cc(CN4C(=O)c5ccccc5C4=O)nc23)CC1. The lowest BCUT2D eigenvalue weighted by atomic mass is 10.1. The molecule has 2 amide bonds. The summed E-state index contributed by atoms with van der Waals surface area (Å²) in [6.45, 7) is 4.06. The fraction of sp³-hybridized carbons (Fsp3) is 0.391. The van der Waals surface area contributed by atoms with E-state index in [0.717, 1.165) is 43.2 Å². The third kappa shape index (κ3) is 3.09. The van der Waals surface area contributed by atoms with E-state index in [2.05, 4.69) is 22.9 Å². The van der Waals surface area contributed by atoms with E-state index < -0.39 is 0 Å². The number of carbonyl (C=O) groups is 2. The number of imidazole rings is 1. The van der Waals surface area contributed by atoms with E-state index in [1.54, 1.807) is 24.3 Å². The summed E-state index contributed by atoms with van der Waals surface area (Å²) in [7, 11) is 2.14. The summed E-state index contributed by atoms with van der Waals surface area (Å²) in [6, 6.07) is 9.16. The van der Waals surface area contributed by atoms with Gasteiger partial charge in [-0.3, -0.25) is 14.5 Å². The third-order valence-electron chi connectivity index (χ3n) is 6.51. The minimum atomic E-state index is -0.261. The molecule has 0 atom stereocenters. The molecule has 3 aliphatic rings. The molecule has 0 unspecified atom stereocenters. The van der Waals surface area contributed by atoms with E-state index >= 15 is 0 Å². The average molecular weight is 416 g/mol. The van der Waals surface area contributed by atoms with Crippen LogP contribution in [0.4, 0.5) is 5.69 Å². The van der Waals surface area contributed by atoms with Crippen molar-refractivity contribution in [3.8, 4) is 0 Å². The normalized spacial score (nSPS) is 19.5. The number of carbonyl (C=O) groups excluding carboxylic acids is 2. The molecule has 8 heteroatoms. The van der Waals surface area contributed by atoms with Crippen LogP contribution in [0.1, 0.15) is 50.9 Å². The lowest BCUT2D eigenvalue weighted by Crippen LogP contribution is -2.44. The van der Waals surface area contributed by atoms with E-state index in [1.165, 1.54) is 17.7 Å². The highest BCUT2D eigenvalue weighted by Gasteiger charge is 2.36. The number of imide groups is 1. The van der Waals surface area contributed by atoms with Crippen molar-refractivity contribution < 1.29 is 9.59 Å². The van der Waals surface area contributed by atoms with Crippen molar-refractivity contribution >= 4 is 23.1 Å². The Kier molecular flexibility index (Phi) is 4.11. The Morgan fingerprint density at radius 1 is 1.00 bits per heavy atom. The average Bonchev–Trinajstić information content (AvgIpc) is 3.51. The van der Waals surface area contributed by atoms with Crippen LogP contribution < -0.4 is 4.90 Å². The molecule has 158 valence electrons. The number of benzene rings is 1. The first-order valence-corrected chi connectivity index (χ1v) is 10.9. The molecule has 8 nitrogen and oxygen atoms in total. The highest BCUT2D eigenvalue weighted by molar-refractivity contribution is 6.21. The van der Waals surface area contributed by atoms with Gasteiger partial charge in [-0.2, -0.15) is 5.10 Å². The topological polar surface area (TPSA) is 74.1 Å². The monoisotopic (exact) mass is 416 g/mol. The first-order valence-electron chi connectivity index (χ1n) is 10.9. The van der Waals surface area contributed by atoms with Crippen LogP contribution in [-0.2, 0) is 6.54 Å². The van der Waals surface area contributed by atoms with Crippen LogP contribution in [0.2, 0.25) is 0 Å². The number of anilines is 1. The Bertz CT molecular complexity index is 1170. The summed E-state index contributed by atoms with van der Waals surface area (Å²) in [5.41, 5.74) is 4.59. The van der Waals surface area contributed by atoms with Gasteiger partial charge in [0.05, 0.1) is 40.9 Å². The molecule has 1 aliphatic carbocycles. The summed E-state index contributed by atoms with van der Waals surface area (Å²) in [5, 5.41) is 4.81. The van der Waals surface area contributed by atoms with Gasteiger partial charge in [0, 0.05) is 32.1 Å². The second kappa shape index (κ2) is 6.88. The lowest BCUT2D eigenvalue weighted by Gasteiger charge is -2.34. The van der Waals surface area contributed by atoms with Crippen molar-refractivity contribution in [3.05, 3.63) is 59.0 Å². The Balaban J connectivity index is 1.36. The number of nitrogens with zero attached hydrogens (tertiary/aromatic N) is 6. The Morgan fingerprint density at radius 2 is 1.68 bits per heavy atom. The molecular weight excluding hydrogens is 392 g/mol. The molecule has 2 fully saturated rings. The largest absolute Gasteiger partial charge is 0.366 e. The Hall–Kier alpha value is -3.26. The second-order valence-electron chi connectivity index (χ2n) is 8.76. The van der Waals surface area contributed by atoms with E-state index in [4.69, 9.17) is 10.1 Å². The van der Waals surface area contributed by atoms with Crippen molar-refractivity contribution in [2.45, 2.75) is 25.3 Å². The van der Waals surface area contributed by atoms with Gasteiger partial charge in [-0.1, -0.05) is 12.1 Å². The molecule has 1 saturated heterocycles. The number of fused-ring (bicyclic) bond motifs is 2. The molecule has 0 radical (unpaired) electrons. The van der Waals surface area contributed by atoms with Gasteiger partial charge in [0.15, 0.2) is 5.65 Å². The molecule has 31 heavy (non-hydrogen) atoms. The Morgan fingerprint density at radius 3 is 2.32 bits per heavy atom. The number of rotatable bonds is 4. The molecule has 3 aromatic rings. The van der Waals surface area contributed by atoms with Gasteiger partial charge >= 0.3 is 0 Å². The quantitative estimate of drug-likeness (QED) is 0.607. The maximum atomic E-state index is 12.8. The van der Waals surface area contributed by atoms with Crippen molar-refractivity contribution in [1.82, 2.24) is 24.4 Å². The molecule has 4 heterocycles. The highest BCUT2D eigenvalue weighted by atomic mass is 16.2. The number of piperazine rings is 1. The van der Waals surface area contributed by atoms with Crippen molar-refractivity contribution in [2.24, 2.45) is 0 Å². The van der Waals surface area contributed by atoms with Gasteiger partial charge in [0.25, 0.3) is 11.8 Å². The second-order valence-corrected chi connectivity index (χ2v) is 8.76. The zero-order chi connectivity index (χ0) is 21.1. The molecule has 0 N–H and O–H groups in total. The van der Waals surface area contributed by atoms with Crippen LogP contribution in [0.15, 0.2) is 36.5 Å². The third-order valence-corrected chi connectivity index (χ3v) is 6.51. The molecule has 0 spiro atoms. The van der Waals surface area contributed by atoms with E-state index in [1.807, 2.05) is 10.7 Å². The van der Waals surface area contributed by atoms with Crippen LogP contribution in [0.25, 0.3) is 5.65 Å². The summed E-state index contributed by atoms with van der Waals surface area (Å²) in [4.78, 5) is 36.3. The maximum Gasteiger partial charge on any atom is 0.261 e. The summed E-state index contributed by atoms with van der Waals surface area (Å²) < 4.78 is 1.84. The van der Waals surface area contributed by atoms with Gasteiger partial charge in [0.2, 0.25) is 0 Å². The fourth-order valence-electron chi connectivity index (χ4n) is 4.51. The van der Waals surface area contributed by atoms with Gasteiger partial charge in [-0.15, -0.1) is 0 Å². The van der Waals surface area contributed by atoms with Gasteiger partial charge in [-0.25, -0.2) is 9.50 Å². The number of likely N-dealkylation sites (N-methyl/N-ethyl adjacent to an activating group) is 1. The Labute approximate surface area is 180 Å². The molecular formula is C23H24N6O2. The molecule has 0 bridgehead atoms. The van der Waals surface area contributed by atoms with Gasteiger partial charge in [-0.05, 0) is 38.1 Å². The molecule has 2 aromatic heterocycles. The van der Waals surface area contributed by atoms with Crippen molar-refractivity contribution in [2.75, 3.05) is 38.1 Å². The van der Waals surface area contributed by atoms with E-state index in [9.17, 15) is 9.59 Å². The standard InChI is InChI=1S/C23H24N6O2/c1-26-8-10-27(11-9-26)20-12-19(15-6-7-15)25-29-14-16(24-21(20)29)13-28-22(30)17-4-2-3-5-18(17)23(28)31/h2-5,12,14-15H,6-11,13H2,1H3. The fourth-order valence-corrected chi connectivity index (χ4v) is 4.51. The van der Waals surface area contributed by atoms with Crippen LogP contribution in [0.3, 0.4) is 0 Å². The molecule has 2 aliphatic heterocycles. The van der Waals surface area contributed by atoms with Crippen molar-refractivity contribution in [3.63, 3.8) is 0 Å². The first-order chi connectivity index (χ1) is 15.1. The number of hydrogen-bond donors (Lipinski definition) is 0. The number of aromatic nitrogens is 3. The highest BCUT2D eigenvalue weighted by Crippen LogP contribution is 2.40. The lowest BCUT2D eigenvalue weighted by molar-refractivity contribution is 0.0640. The zero-order valence-corrected chi connectivity index (χ0v) is 17.5. The summed E-state index contributed by atoms with van der Waals surface area (Å²) in [5.74, 6) is 0.00449. The predicted molar refractivity (Wildman–Crippen MR) is 115 cm³/mol. The molecule has 6 rings (SSSR count). The zero-order valence-electron chi connectivity index (χ0n) is 17.5. The minimum Gasteiger partial charge on any atom is -0.366 e. The predicted octanol–water partition coefficient (Wildman–Crippen LogP) is 2.15. The summed E-state index contributed by atoms with van der Waals surface area (Å²) in [6.07, 6.45) is 4.22. The number of amides is 2. The first kappa shape index (κ1) is 18.5. The van der Waals surface area contributed by atoms with Crippen LogP contribution in [0.5, 0.6) is 0 Å². The van der Waals surface area contributed by atoms with E-state index in [-0.39, 0.29) is 18.4 Å². The van der Waals surface area contributed by atoms with Crippen LogP contribution in [-0.4, -0.2) is 69.4 Å². The maximum absolute atomic E-state index is 12.8. The van der Waals surface area contributed by atoms with Crippen molar-refractivity contribution in [1.29, 1.82) is 0 Å².